The van der Waals surface area contributed by atoms with Gasteiger partial charge >= 0.3 is 0 Å². The predicted octanol–water partition coefficient (Wildman–Crippen LogP) is 2.68. The van der Waals surface area contributed by atoms with Gasteiger partial charge in [-0.2, -0.15) is 0 Å². The summed E-state index contributed by atoms with van der Waals surface area (Å²) in [4.78, 5) is 4.70. The largest absolute Gasteiger partial charge is 0.368 e. The van der Waals surface area contributed by atoms with Crippen LogP contribution in [0.25, 0.3) is 0 Å². The van der Waals surface area contributed by atoms with Gasteiger partial charge in [-0.3, -0.25) is 4.90 Å². The monoisotopic (exact) mass is 279 g/mol. The minimum absolute atomic E-state index is 0.107. The molecule has 2 N–H and O–H groups in total. The lowest BCUT2D eigenvalue weighted by molar-refractivity contribution is 0.138. The zero-order valence-electron chi connectivity index (χ0n) is 13.2. The van der Waals surface area contributed by atoms with E-state index in [1.165, 1.54) is 0 Å². The predicted molar refractivity (Wildman–Crippen MR) is 82.7 cm³/mol. The van der Waals surface area contributed by atoms with Gasteiger partial charge in [0, 0.05) is 36.9 Å². The highest BCUT2D eigenvalue weighted by Crippen LogP contribution is 2.31. The van der Waals surface area contributed by atoms with Gasteiger partial charge in [0.2, 0.25) is 0 Å². The molecule has 112 valence electrons. The number of aryl methyl sites for hydroxylation is 1. The first-order valence-electron chi connectivity index (χ1n) is 7.24. The molecule has 1 fully saturated rings. The summed E-state index contributed by atoms with van der Waals surface area (Å²) < 4.78 is 13.8. The number of hydrogen-bond donors (Lipinski definition) is 1. The molecule has 3 nitrogen and oxygen atoms in total. The van der Waals surface area contributed by atoms with Crippen LogP contribution in [0.15, 0.2) is 12.1 Å². The molecular formula is C16H26FN3. The summed E-state index contributed by atoms with van der Waals surface area (Å²) in [5.41, 5.74) is 8.80. The van der Waals surface area contributed by atoms with Gasteiger partial charge < -0.3 is 10.6 Å². The maximum Gasteiger partial charge on any atom is 0.126 e. The molecule has 1 aliphatic rings. The quantitative estimate of drug-likeness (QED) is 0.903. The molecule has 4 heteroatoms. The Morgan fingerprint density at radius 2 is 1.95 bits per heavy atom. The van der Waals surface area contributed by atoms with Crippen molar-refractivity contribution < 1.29 is 4.39 Å². The van der Waals surface area contributed by atoms with Crippen molar-refractivity contribution in [3.63, 3.8) is 0 Å². The van der Waals surface area contributed by atoms with E-state index in [9.17, 15) is 4.39 Å². The average Bonchev–Trinajstić information content (AvgIpc) is 2.35. The molecular weight excluding hydrogens is 253 g/mol. The first-order valence-corrected chi connectivity index (χ1v) is 7.24. The molecule has 1 heterocycles. The highest BCUT2D eigenvalue weighted by molar-refractivity contribution is 5.57. The summed E-state index contributed by atoms with van der Waals surface area (Å²) >= 11 is 0. The lowest BCUT2D eigenvalue weighted by Crippen LogP contribution is -2.58. The standard InChI is InChI=1S/C16H26FN3/c1-11-8-15(13(12(2)18)9-14(11)17)20-7-6-19(5)16(3,4)10-20/h8-9,12H,6-7,10,18H2,1-5H3/t12-/m1/s1. The summed E-state index contributed by atoms with van der Waals surface area (Å²) in [7, 11) is 2.15. The Morgan fingerprint density at radius 1 is 1.30 bits per heavy atom. The van der Waals surface area contributed by atoms with Crippen LogP contribution in [0.3, 0.4) is 0 Å². The van der Waals surface area contributed by atoms with Crippen molar-refractivity contribution >= 4 is 5.69 Å². The van der Waals surface area contributed by atoms with Crippen molar-refractivity contribution in [2.75, 3.05) is 31.6 Å². The van der Waals surface area contributed by atoms with E-state index in [1.807, 2.05) is 19.9 Å². The molecule has 0 bridgehead atoms. The topological polar surface area (TPSA) is 32.5 Å². The average molecular weight is 279 g/mol. The maximum atomic E-state index is 13.8. The molecule has 0 aromatic heterocycles. The third-order valence-corrected chi connectivity index (χ3v) is 4.46. The van der Waals surface area contributed by atoms with E-state index in [1.54, 1.807) is 6.07 Å². The number of nitrogens with two attached hydrogens (primary N) is 1. The second-order valence-corrected chi connectivity index (χ2v) is 6.60. The van der Waals surface area contributed by atoms with E-state index in [0.29, 0.717) is 5.56 Å². The fourth-order valence-corrected chi connectivity index (χ4v) is 2.77. The van der Waals surface area contributed by atoms with Crippen molar-refractivity contribution in [2.45, 2.75) is 39.3 Å². The van der Waals surface area contributed by atoms with Gasteiger partial charge in [0.25, 0.3) is 0 Å². The molecule has 0 amide bonds. The number of likely N-dealkylation sites (N-methyl/N-ethyl adjacent to an activating group) is 1. The Morgan fingerprint density at radius 3 is 2.50 bits per heavy atom. The first kappa shape index (κ1) is 15.3. The van der Waals surface area contributed by atoms with Crippen molar-refractivity contribution in [2.24, 2.45) is 5.73 Å². The van der Waals surface area contributed by atoms with Crippen LogP contribution in [0.4, 0.5) is 10.1 Å². The lowest BCUT2D eigenvalue weighted by atomic mass is 9.96. The number of nitrogens with zero attached hydrogens (tertiary/aromatic N) is 2. The van der Waals surface area contributed by atoms with Crippen LogP contribution in [-0.2, 0) is 0 Å². The molecule has 1 aliphatic heterocycles. The number of anilines is 1. The zero-order chi connectivity index (χ0) is 15.1. The summed E-state index contributed by atoms with van der Waals surface area (Å²) in [5, 5.41) is 0. The Kier molecular flexibility index (Phi) is 4.07. The highest BCUT2D eigenvalue weighted by Gasteiger charge is 2.32. The first-order chi connectivity index (χ1) is 9.22. The summed E-state index contributed by atoms with van der Waals surface area (Å²) in [6, 6.07) is 3.37. The maximum absolute atomic E-state index is 13.8. The summed E-state index contributed by atoms with van der Waals surface area (Å²) in [6.07, 6.45) is 0. The third-order valence-electron chi connectivity index (χ3n) is 4.46. The number of rotatable bonds is 2. The van der Waals surface area contributed by atoms with Gasteiger partial charge in [0.1, 0.15) is 5.82 Å². The SMILES string of the molecule is Cc1cc(N2CCN(C)C(C)(C)C2)c([C@@H](C)N)cc1F. The van der Waals surface area contributed by atoms with E-state index in [-0.39, 0.29) is 17.4 Å². The number of hydrogen-bond acceptors (Lipinski definition) is 3. The van der Waals surface area contributed by atoms with Crippen LogP contribution >= 0.6 is 0 Å². The molecule has 1 aromatic carbocycles. The third kappa shape index (κ3) is 2.81. The van der Waals surface area contributed by atoms with E-state index < -0.39 is 0 Å². The van der Waals surface area contributed by atoms with Gasteiger partial charge in [-0.15, -0.1) is 0 Å². The van der Waals surface area contributed by atoms with Crippen molar-refractivity contribution in [3.8, 4) is 0 Å². The molecule has 1 atom stereocenters. The smallest absolute Gasteiger partial charge is 0.126 e. The number of benzene rings is 1. The normalized spacial score (nSPS) is 21.1. The van der Waals surface area contributed by atoms with Crippen molar-refractivity contribution in [1.29, 1.82) is 0 Å². The molecule has 0 spiro atoms. The van der Waals surface area contributed by atoms with Crippen molar-refractivity contribution in [1.82, 2.24) is 4.90 Å². The lowest BCUT2D eigenvalue weighted by Gasteiger charge is -2.47. The molecule has 1 aromatic rings. The molecule has 0 radical (unpaired) electrons. The minimum Gasteiger partial charge on any atom is -0.368 e. The van der Waals surface area contributed by atoms with Crippen LogP contribution in [0, 0.1) is 12.7 Å². The van der Waals surface area contributed by atoms with Crippen molar-refractivity contribution in [3.05, 3.63) is 29.1 Å². The van der Waals surface area contributed by atoms with Crippen LogP contribution in [-0.4, -0.2) is 37.1 Å². The van der Waals surface area contributed by atoms with Crippen LogP contribution in [0.1, 0.15) is 37.9 Å². The highest BCUT2D eigenvalue weighted by atomic mass is 19.1. The van der Waals surface area contributed by atoms with E-state index in [4.69, 9.17) is 5.73 Å². The Balaban J connectivity index is 2.40. The summed E-state index contributed by atoms with van der Waals surface area (Å²) in [5.74, 6) is -0.172. The molecule has 0 aliphatic carbocycles. The van der Waals surface area contributed by atoms with Gasteiger partial charge in [-0.25, -0.2) is 4.39 Å². The van der Waals surface area contributed by atoms with E-state index in [0.717, 1.165) is 30.9 Å². The molecule has 1 saturated heterocycles. The van der Waals surface area contributed by atoms with Crippen LogP contribution < -0.4 is 10.6 Å². The zero-order valence-corrected chi connectivity index (χ0v) is 13.2. The van der Waals surface area contributed by atoms with Gasteiger partial charge in [0.15, 0.2) is 0 Å². The fraction of sp³-hybridized carbons (Fsp3) is 0.625. The minimum atomic E-state index is -0.172. The Labute approximate surface area is 121 Å². The van der Waals surface area contributed by atoms with Gasteiger partial charge in [-0.05, 0) is 58.0 Å². The second kappa shape index (κ2) is 5.34. The fourth-order valence-electron chi connectivity index (χ4n) is 2.77. The van der Waals surface area contributed by atoms with Gasteiger partial charge in [-0.1, -0.05) is 0 Å². The molecule has 2 rings (SSSR count). The van der Waals surface area contributed by atoms with E-state index in [2.05, 4.69) is 30.7 Å². The Bertz CT molecular complexity index is 497. The van der Waals surface area contributed by atoms with E-state index >= 15 is 0 Å². The van der Waals surface area contributed by atoms with Crippen LogP contribution in [0.5, 0.6) is 0 Å². The molecule has 0 saturated carbocycles. The summed E-state index contributed by atoms with van der Waals surface area (Å²) in [6.45, 7) is 11.1. The number of piperazine rings is 1. The molecule has 0 unspecified atom stereocenters. The number of halogens is 1. The van der Waals surface area contributed by atoms with Gasteiger partial charge in [0.05, 0.1) is 0 Å². The van der Waals surface area contributed by atoms with Crippen LogP contribution in [0.2, 0.25) is 0 Å². The Hall–Kier alpha value is -1.13. The second-order valence-electron chi connectivity index (χ2n) is 6.60. The molecule has 20 heavy (non-hydrogen) atoms.